The lowest BCUT2D eigenvalue weighted by atomic mass is 10.3. The molecule has 0 aromatic carbocycles. The molecule has 0 saturated heterocycles. The molecule has 0 aliphatic carbocycles. The Bertz CT molecular complexity index is 428. The Kier molecular flexibility index (Phi) is 1.66. The summed E-state index contributed by atoms with van der Waals surface area (Å²) < 4.78 is 0. The van der Waals surface area contributed by atoms with Crippen LogP contribution < -0.4 is 0 Å². The van der Waals surface area contributed by atoms with Gasteiger partial charge in [-0.05, 0) is 13.0 Å². The standard InChI is InChI=1S/C8H6ClN3/c1-5-2-6-7(3-10-5)11-4-12-8(6)9/h2-4H,1H3. The Morgan fingerprint density at radius 1 is 1.25 bits per heavy atom. The molecule has 2 aromatic rings. The van der Waals surface area contributed by atoms with Gasteiger partial charge in [0.05, 0.1) is 11.7 Å². The minimum Gasteiger partial charge on any atom is -0.259 e. The van der Waals surface area contributed by atoms with Crippen molar-refractivity contribution in [2.24, 2.45) is 0 Å². The smallest absolute Gasteiger partial charge is 0.140 e. The van der Waals surface area contributed by atoms with Crippen LogP contribution in [0.5, 0.6) is 0 Å². The predicted molar refractivity (Wildman–Crippen MR) is 47.1 cm³/mol. The highest BCUT2D eigenvalue weighted by molar-refractivity contribution is 6.33. The maximum atomic E-state index is 5.85. The quantitative estimate of drug-likeness (QED) is 0.581. The fourth-order valence-electron chi connectivity index (χ4n) is 1.03. The molecule has 2 rings (SSSR count). The Labute approximate surface area is 74.4 Å². The normalized spacial score (nSPS) is 10.5. The average molecular weight is 180 g/mol. The van der Waals surface area contributed by atoms with Gasteiger partial charge in [-0.15, -0.1) is 0 Å². The van der Waals surface area contributed by atoms with Crippen molar-refractivity contribution >= 4 is 22.5 Å². The molecule has 0 aliphatic heterocycles. The van der Waals surface area contributed by atoms with Gasteiger partial charge in [0, 0.05) is 11.1 Å². The largest absolute Gasteiger partial charge is 0.259 e. The third-order valence-electron chi connectivity index (χ3n) is 1.61. The summed E-state index contributed by atoms with van der Waals surface area (Å²) in [6.45, 7) is 1.91. The Morgan fingerprint density at radius 2 is 2.08 bits per heavy atom. The van der Waals surface area contributed by atoms with E-state index in [1.54, 1.807) is 6.20 Å². The molecule has 12 heavy (non-hydrogen) atoms. The van der Waals surface area contributed by atoms with Crippen molar-refractivity contribution < 1.29 is 0 Å². The van der Waals surface area contributed by atoms with E-state index in [4.69, 9.17) is 11.6 Å². The summed E-state index contributed by atoms with van der Waals surface area (Å²) in [6, 6.07) is 1.87. The van der Waals surface area contributed by atoms with E-state index in [2.05, 4.69) is 15.0 Å². The number of pyridine rings is 1. The van der Waals surface area contributed by atoms with Crippen molar-refractivity contribution in [3.8, 4) is 0 Å². The van der Waals surface area contributed by atoms with E-state index in [-0.39, 0.29) is 0 Å². The van der Waals surface area contributed by atoms with Crippen LogP contribution in [0.2, 0.25) is 5.15 Å². The number of hydrogen-bond donors (Lipinski definition) is 0. The average Bonchev–Trinajstić information content (AvgIpc) is 2.07. The first kappa shape index (κ1) is 7.43. The second kappa shape index (κ2) is 2.68. The molecule has 60 valence electrons. The van der Waals surface area contributed by atoms with Gasteiger partial charge in [-0.2, -0.15) is 0 Å². The van der Waals surface area contributed by atoms with Gasteiger partial charge in [0.25, 0.3) is 0 Å². The Hall–Kier alpha value is -1.22. The van der Waals surface area contributed by atoms with Crippen LogP contribution in [0.25, 0.3) is 10.9 Å². The van der Waals surface area contributed by atoms with Crippen LogP contribution in [0.4, 0.5) is 0 Å². The Morgan fingerprint density at radius 3 is 2.92 bits per heavy atom. The summed E-state index contributed by atoms with van der Waals surface area (Å²) >= 11 is 5.85. The molecular weight excluding hydrogens is 174 g/mol. The molecule has 2 aromatic heterocycles. The Balaban J connectivity index is 2.88. The number of nitrogens with zero attached hydrogens (tertiary/aromatic N) is 3. The molecule has 4 heteroatoms. The monoisotopic (exact) mass is 179 g/mol. The first-order chi connectivity index (χ1) is 5.77. The zero-order valence-electron chi connectivity index (χ0n) is 6.45. The topological polar surface area (TPSA) is 38.7 Å². The van der Waals surface area contributed by atoms with Crippen LogP contribution >= 0.6 is 11.6 Å². The maximum Gasteiger partial charge on any atom is 0.140 e. The molecule has 0 spiro atoms. The predicted octanol–water partition coefficient (Wildman–Crippen LogP) is 1.99. The molecule has 0 fully saturated rings. The highest BCUT2D eigenvalue weighted by Gasteiger charge is 2.00. The van der Waals surface area contributed by atoms with Gasteiger partial charge in [-0.1, -0.05) is 11.6 Å². The zero-order valence-corrected chi connectivity index (χ0v) is 7.21. The summed E-state index contributed by atoms with van der Waals surface area (Å²) in [5.74, 6) is 0. The van der Waals surface area contributed by atoms with Crippen LogP contribution in [0.3, 0.4) is 0 Å². The molecule has 0 saturated carbocycles. The van der Waals surface area contributed by atoms with Gasteiger partial charge in [-0.3, -0.25) is 4.98 Å². The molecule has 3 nitrogen and oxygen atoms in total. The number of hydrogen-bond acceptors (Lipinski definition) is 3. The molecule has 2 heterocycles. The summed E-state index contributed by atoms with van der Waals surface area (Å²) in [5, 5.41) is 1.33. The van der Waals surface area contributed by atoms with E-state index in [0.717, 1.165) is 16.6 Å². The minimum atomic E-state index is 0.477. The van der Waals surface area contributed by atoms with Crippen molar-refractivity contribution in [2.75, 3.05) is 0 Å². The molecule has 0 aliphatic rings. The molecular formula is C8H6ClN3. The second-order valence-corrected chi connectivity index (χ2v) is 2.87. The summed E-state index contributed by atoms with van der Waals surface area (Å²) in [6.07, 6.45) is 3.12. The fraction of sp³-hybridized carbons (Fsp3) is 0.125. The van der Waals surface area contributed by atoms with E-state index < -0.39 is 0 Å². The number of rotatable bonds is 0. The van der Waals surface area contributed by atoms with Gasteiger partial charge in [-0.25, -0.2) is 9.97 Å². The van der Waals surface area contributed by atoms with Gasteiger partial charge in [0.15, 0.2) is 0 Å². The van der Waals surface area contributed by atoms with Crippen molar-refractivity contribution in [3.05, 3.63) is 29.4 Å². The highest BCUT2D eigenvalue weighted by atomic mass is 35.5. The lowest BCUT2D eigenvalue weighted by Gasteiger charge is -1.97. The van der Waals surface area contributed by atoms with Crippen molar-refractivity contribution in [1.29, 1.82) is 0 Å². The maximum absolute atomic E-state index is 5.85. The third kappa shape index (κ3) is 1.12. The molecule has 0 unspecified atom stereocenters. The summed E-state index contributed by atoms with van der Waals surface area (Å²) in [7, 11) is 0. The number of halogens is 1. The van der Waals surface area contributed by atoms with Crippen LogP contribution in [0, 0.1) is 6.92 Å². The van der Waals surface area contributed by atoms with E-state index in [1.807, 2.05) is 13.0 Å². The van der Waals surface area contributed by atoms with Gasteiger partial charge in [0.2, 0.25) is 0 Å². The van der Waals surface area contributed by atoms with Crippen LogP contribution in [0.1, 0.15) is 5.69 Å². The second-order valence-electron chi connectivity index (χ2n) is 2.51. The number of aromatic nitrogens is 3. The molecule has 0 atom stereocenters. The molecule has 0 radical (unpaired) electrons. The molecule has 0 N–H and O–H groups in total. The van der Waals surface area contributed by atoms with Crippen LogP contribution in [-0.4, -0.2) is 15.0 Å². The van der Waals surface area contributed by atoms with Gasteiger partial charge in [0.1, 0.15) is 11.5 Å². The summed E-state index contributed by atoms with van der Waals surface area (Å²) in [4.78, 5) is 12.0. The lowest BCUT2D eigenvalue weighted by Crippen LogP contribution is -1.86. The van der Waals surface area contributed by atoms with E-state index in [1.165, 1.54) is 6.33 Å². The zero-order chi connectivity index (χ0) is 8.55. The van der Waals surface area contributed by atoms with Crippen LogP contribution in [-0.2, 0) is 0 Å². The molecule has 0 amide bonds. The summed E-state index contributed by atoms with van der Waals surface area (Å²) in [5.41, 5.74) is 1.69. The van der Waals surface area contributed by atoms with Crippen molar-refractivity contribution in [3.63, 3.8) is 0 Å². The van der Waals surface area contributed by atoms with E-state index in [0.29, 0.717) is 5.15 Å². The first-order valence-corrected chi connectivity index (χ1v) is 3.88. The number of fused-ring (bicyclic) bond motifs is 1. The van der Waals surface area contributed by atoms with Crippen molar-refractivity contribution in [2.45, 2.75) is 6.92 Å². The van der Waals surface area contributed by atoms with Crippen molar-refractivity contribution in [1.82, 2.24) is 15.0 Å². The number of aryl methyl sites for hydroxylation is 1. The SMILES string of the molecule is Cc1cc2c(Cl)ncnc2cn1. The molecule has 0 bridgehead atoms. The first-order valence-electron chi connectivity index (χ1n) is 3.50. The highest BCUT2D eigenvalue weighted by Crippen LogP contribution is 2.18. The van der Waals surface area contributed by atoms with Gasteiger partial charge >= 0.3 is 0 Å². The third-order valence-corrected chi connectivity index (χ3v) is 1.91. The fourth-order valence-corrected chi connectivity index (χ4v) is 1.23. The lowest BCUT2D eigenvalue weighted by molar-refractivity contribution is 1.17. The van der Waals surface area contributed by atoms with Gasteiger partial charge < -0.3 is 0 Å². The van der Waals surface area contributed by atoms with Crippen LogP contribution in [0.15, 0.2) is 18.6 Å². The van der Waals surface area contributed by atoms with E-state index >= 15 is 0 Å². The minimum absolute atomic E-state index is 0.477. The van der Waals surface area contributed by atoms with E-state index in [9.17, 15) is 0 Å².